The van der Waals surface area contributed by atoms with Crippen LogP contribution in [0.5, 0.6) is 0 Å². The molecule has 0 aromatic carbocycles. The highest BCUT2D eigenvalue weighted by Gasteiger charge is 2.34. The number of nitrogens with one attached hydrogen (secondary N) is 3. The van der Waals surface area contributed by atoms with Crippen LogP contribution in [0.2, 0.25) is 0 Å². The Balaban J connectivity index is 0.00000308. The average Bonchev–Trinajstić information content (AvgIpc) is 4.03. The minimum Gasteiger partial charge on any atom is -0.481 e. The Bertz CT molecular complexity index is 772. The second kappa shape index (κ2) is 34.1. The van der Waals surface area contributed by atoms with E-state index in [-0.39, 0.29) is 24.1 Å². The summed E-state index contributed by atoms with van der Waals surface area (Å²) >= 11 is 0. The predicted octanol–water partition coefficient (Wildman–Crippen LogP) is 9.15. The van der Waals surface area contributed by atoms with Crippen molar-refractivity contribution in [2.24, 2.45) is 0 Å². The van der Waals surface area contributed by atoms with Crippen LogP contribution in [0.25, 0.3) is 0 Å². The molecule has 0 aromatic heterocycles. The number of carbonyl (C=O) groups excluding carboxylic acids is 2. The Morgan fingerprint density at radius 1 is 0.471 bits per heavy atom. The summed E-state index contributed by atoms with van der Waals surface area (Å²) in [6.45, 7) is 11.2. The largest absolute Gasteiger partial charge is 0.481 e. The third-order valence-corrected chi connectivity index (χ3v) is 10.2. The summed E-state index contributed by atoms with van der Waals surface area (Å²) in [4.78, 5) is 38.9. The molecule has 300 valence electrons. The van der Waals surface area contributed by atoms with Crippen LogP contribution in [0, 0.1) is 0 Å². The van der Waals surface area contributed by atoms with E-state index in [2.05, 4.69) is 39.6 Å². The van der Waals surface area contributed by atoms with E-state index in [1.165, 1.54) is 141 Å². The second-order valence-corrected chi connectivity index (χ2v) is 15.4. The van der Waals surface area contributed by atoms with Gasteiger partial charge in [0.15, 0.2) is 0 Å². The van der Waals surface area contributed by atoms with Crippen molar-refractivity contribution in [3.05, 3.63) is 0 Å². The summed E-state index contributed by atoms with van der Waals surface area (Å²) < 4.78 is 0. The van der Waals surface area contributed by atoms with Crippen molar-refractivity contribution < 1.29 is 19.5 Å². The van der Waals surface area contributed by atoms with Crippen molar-refractivity contribution in [1.29, 1.82) is 0 Å². The average molecular weight is 722 g/mol. The summed E-state index contributed by atoms with van der Waals surface area (Å²) in [5.74, 6) is -0.479. The van der Waals surface area contributed by atoms with Crippen LogP contribution >= 0.6 is 0 Å². The first-order valence-electron chi connectivity index (χ1n) is 21.8. The summed E-state index contributed by atoms with van der Waals surface area (Å²) in [5.41, 5.74) is 0. The van der Waals surface area contributed by atoms with Crippen molar-refractivity contribution in [2.45, 2.75) is 213 Å². The molecule has 2 heterocycles. The van der Waals surface area contributed by atoms with E-state index in [0.29, 0.717) is 25.9 Å². The van der Waals surface area contributed by atoms with E-state index in [1.807, 2.05) is 0 Å². The van der Waals surface area contributed by atoms with Crippen molar-refractivity contribution in [2.75, 3.05) is 39.3 Å². The highest BCUT2D eigenvalue weighted by Crippen LogP contribution is 2.16. The second-order valence-electron chi connectivity index (χ2n) is 15.4. The van der Waals surface area contributed by atoms with E-state index < -0.39 is 5.97 Å². The van der Waals surface area contributed by atoms with Crippen LogP contribution in [0.15, 0.2) is 0 Å². The van der Waals surface area contributed by atoms with E-state index in [0.717, 1.165) is 58.8 Å². The van der Waals surface area contributed by atoms with Crippen LogP contribution in [0.4, 0.5) is 0 Å². The van der Waals surface area contributed by atoms with Crippen LogP contribution in [0.1, 0.15) is 201 Å². The van der Waals surface area contributed by atoms with Gasteiger partial charge in [0.1, 0.15) is 0 Å². The normalized spacial score (nSPS) is 15.1. The quantitative estimate of drug-likeness (QED) is 0.0377. The summed E-state index contributed by atoms with van der Waals surface area (Å²) in [7, 11) is 0. The molecule has 51 heavy (non-hydrogen) atoms. The highest BCUT2D eigenvalue weighted by molar-refractivity contribution is 5.76. The number of rotatable bonds is 36. The van der Waals surface area contributed by atoms with Crippen molar-refractivity contribution in [3.8, 4) is 0 Å². The van der Waals surface area contributed by atoms with Crippen molar-refractivity contribution >= 4 is 17.8 Å². The molecule has 0 bridgehead atoms. The van der Waals surface area contributed by atoms with Gasteiger partial charge < -0.3 is 15.7 Å². The maximum atomic E-state index is 12.6. The number of amides is 2. The molecule has 2 aliphatic heterocycles. The monoisotopic (exact) mass is 722 g/mol. The number of unbranched alkanes of at least 4 members (excludes halogenated alkanes) is 24. The van der Waals surface area contributed by atoms with Gasteiger partial charge in [-0.25, -0.2) is 0 Å². The Labute approximate surface area is 314 Å². The van der Waals surface area contributed by atoms with E-state index in [1.54, 1.807) is 0 Å². The third-order valence-electron chi connectivity index (χ3n) is 10.2. The molecule has 0 aromatic rings. The highest BCUT2D eigenvalue weighted by atomic mass is 16.4. The van der Waals surface area contributed by atoms with Gasteiger partial charge in [-0.15, -0.1) is 0 Å². The lowest BCUT2D eigenvalue weighted by Crippen LogP contribution is -2.55. The Morgan fingerprint density at radius 3 is 0.941 bits per heavy atom. The van der Waals surface area contributed by atoms with E-state index in [4.69, 9.17) is 9.90 Å². The van der Waals surface area contributed by atoms with E-state index in [9.17, 15) is 9.59 Å². The number of carboxylic acid groups (broad SMARTS) is 1. The van der Waals surface area contributed by atoms with Gasteiger partial charge >= 0.3 is 0 Å². The molecule has 0 aliphatic carbocycles. The molecule has 9 heteroatoms. The number of aliphatic carboxylic acids is 1. The minimum atomic E-state index is -0.833. The molecule has 2 rings (SSSR count). The SMILES string of the molecule is CC(=O)O.CCCCCCCCCCCCCCCC(=O)NCC(NC(CNC(=O)CCCCCCCCCCCCCCC)N1CC1)N1CC1. The molecule has 4 N–H and O–H groups in total. The molecule has 9 nitrogen and oxygen atoms in total. The van der Waals surface area contributed by atoms with Crippen LogP contribution < -0.4 is 16.0 Å². The Kier molecular flexibility index (Phi) is 31.6. The van der Waals surface area contributed by atoms with Gasteiger partial charge in [-0.2, -0.15) is 0 Å². The molecule has 0 spiro atoms. The summed E-state index contributed by atoms with van der Waals surface area (Å²) in [6.07, 6.45) is 36.0. The predicted molar refractivity (Wildman–Crippen MR) is 214 cm³/mol. The van der Waals surface area contributed by atoms with Gasteiger partial charge in [0.2, 0.25) is 11.8 Å². The fourth-order valence-electron chi connectivity index (χ4n) is 6.75. The molecule has 0 radical (unpaired) electrons. The molecule has 2 aliphatic rings. The minimum absolute atomic E-state index is 0.133. The number of carboxylic acids is 1. The number of hydrogen-bond acceptors (Lipinski definition) is 6. The van der Waals surface area contributed by atoms with Gasteiger partial charge in [-0.1, -0.05) is 168 Å². The Hall–Kier alpha value is -1.71. The Morgan fingerprint density at radius 2 is 0.706 bits per heavy atom. The zero-order valence-electron chi connectivity index (χ0n) is 33.8. The lowest BCUT2D eigenvalue weighted by molar-refractivity contribution is -0.134. The molecule has 0 saturated carbocycles. The fraction of sp³-hybridized carbons (Fsp3) is 0.929. The maximum absolute atomic E-state index is 12.6. The lowest BCUT2D eigenvalue weighted by atomic mass is 10.0. The van der Waals surface area contributed by atoms with Crippen molar-refractivity contribution in [1.82, 2.24) is 25.8 Å². The topological polar surface area (TPSA) is 114 Å². The maximum Gasteiger partial charge on any atom is 0.300 e. The lowest BCUT2D eigenvalue weighted by Gasteiger charge is -2.28. The molecule has 2 unspecified atom stereocenters. The first kappa shape index (κ1) is 47.3. The smallest absolute Gasteiger partial charge is 0.300 e. The zero-order valence-corrected chi connectivity index (χ0v) is 33.8. The molecule has 2 saturated heterocycles. The number of nitrogens with zero attached hydrogens (tertiary/aromatic N) is 2. The van der Waals surface area contributed by atoms with E-state index >= 15 is 0 Å². The molecule has 2 amide bonds. The number of carbonyl (C=O) groups is 3. The summed E-state index contributed by atoms with van der Waals surface area (Å²) in [6, 6.07) is 0. The fourth-order valence-corrected chi connectivity index (χ4v) is 6.75. The van der Waals surface area contributed by atoms with Crippen LogP contribution in [-0.2, 0) is 14.4 Å². The number of hydrogen-bond donors (Lipinski definition) is 4. The van der Waals surface area contributed by atoms with Gasteiger partial charge in [-0.05, 0) is 12.8 Å². The van der Waals surface area contributed by atoms with Gasteiger partial charge in [0, 0.05) is 59.0 Å². The van der Waals surface area contributed by atoms with Crippen LogP contribution in [-0.4, -0.2) is 84.3 Å². The van der Waals surface area contributed by atoms with Gasteiger partial charge in [0.25, 0.3) is 5.97 Å². The standard InChI is InChI=1S/C40H79N5O2.C2H4O2/c1-3-5-7-9-11-13-15-17-19-21-23-25-27-29-39(46)41-35-37(44-31-32-44)43-38(45-33-34-45)36-42-40(47)30-28-26-24-22-20-18-16-14-12-10-8-6-4-2;1-2(3)4/h37-38,43H,3-36H2,1-2H3,(H,41,46)(H,42,47);1H3,(H,3,4). The van der Waals surface area contributed by atoms with Gasteiger partial charge in [0.05, 0.1) is 12.3 Å². The summed E-state index contributed by atoms with van der Waals surface area (Å²) in [5, 5.41) is 17.6. The van der Waals surface area contributed by atoms with Crippen LogP contribution in [0.3, 0.4) is 0 Å². The zero-order chi connectivity index (χ0) is 37.2. The first-order valence-corrected chi connectivity index (χ1v) is 21.8. The first-order chi connectivity index (χ1) is 24.9. The molecule has 2 fully saturated rings. The third kappa shape index (κ3) is 32.7. The van der Waals surface area contributed by atoms with Gasteiger partial charge in [-0.3, -0.25) is 29.5 Å². The van der Waals surface area contributed by atoms with Crippen molar-refractivity contribution in [3.63, 3.8) is 0 Å². The molecular weight excluding hydrogens is 638 g/mol. The molecule has 2 atom stereocenters. The molecular formula is C42H83N5O4.